The number of aromatic nitrogens is 3. The molecular formula is C14H18N4O. The Labute approximate surface area is 112 Å². The van der Waals surface area contributed by atoms with E-state index in [1.54, 1.807) is 0 Å². The molecule has 0 spiro atoms. The zero-order chi connectivity index (χ0) is 13.1. The normalized spacial score (nSPS) is 15.1. The van der Waals surface area contributed by atoms with Gasteiger partial charge >= 0.3 is 0 Å². The number of hydrogen-bond donors (Lipinski definition) is 0. The summed E-state index contributed by atoms with van der Waals surface area (Å²) < 4.78 is 5.28. The van der Waals surface area contributed by atoms with Crippen LogP contribution in [0.3, 0.4) is 0 Å². The van der Waals surface area contributed by atoms with Crippen LogP contribution in [0.25, 0.3) is 0 Å². The van der Waals surface area contributed by atoms with E-state index in [9.17, 15) is 0 Å². The van der Waals surface area contributed by atoms with Gasteiger partial charge in [-0.2, -0.15) is 4.98 Å². The Morgan fingerprint density at radius 1 is 1.32 bits per heavy atom. The molecule has 5 heteroatoms. The Bertz CT molecular complexity index is 521. The lowest BCUT2D eigenvalue weighted by Crippen LogP contribution is -2.18. The topological polar surface area (TPSA) is 55.1 Å². The second-order valence-corrected chi connectivity index (χ2v) is 5.25. The first-order valence-corrected chi connectivity index (χ1v) is 6.69. The molecule has 0 unspecified atom stereocenters. The summed E-state index contributed by atoms with van der Waals surface area (Å²) in [6.07, 6.45) is 5.39. The standard InChI is InChI=1S/C14H18N4O/c1-18(9-12-4-2-3-7-15-12)10-14-16-13(17-19-14)8-11-5-6-11/h2-4,7,11H,5-6,8-10H2,1H3. The van der Waals surface area contributed by atoms with Crippen LogP contribution in [0.4, 0.5) is 0 Å². The van der Waals surface area contributed by atoms with Crippen molar-refractivity contribution < 1.29 is 4.52 Å². The maximum Gasteiger partial charge on any atom is 0.240 e. The number of nitrogens with zero attached hydrogens (tertiary/aromatic N) is 4. The van der Waals surface area contributed by atoms with Crippen LogP contribution in [0, 0.1) is 5.92 Å². The van der Waals surface area contributed by atoms with E-state index in [2.05, 4.69) is 20.0 Å². The van der Waals surface area contributed by atoms with Crippen LogP contribution >= 0.6 is 0 Å². The summed E-state index contributed by atoms with van der Waals surface area (Å²) in [6.45, 7) is 1.44. The summed E-state index contributed by atoms with van der Waals surface area (Å²) >= 11 is 0. The third kappa shape index (κ3) is 3.61. The lowest BCUT2D eigenvalue weighted by atomic mass is 10.3. The van der Waals surface area contributed by atoms with Crippen molar-refractivity contribution in [1.82, 2.24) is 20.0 Å². The fourth-order valence-electron chi connectivity index (χ4n) is 2.07. The maximum absolute atomic E-state index is 5.28. The van der Waals surface area contributed by atoms with Crippen molar-refractivity contribution in [2.75, 3.05) is 7.05 Å². The van der Waals surface area contributed by atoms with Crippen LogP contribution in [-0.4, -0.2) is 27.1 Å². The van der Waals surface area contributed by atoms with Gasteiger partial charge in [0.1, 0.15) is 0 Å². The Morgan fingerprint density at radius 2 is 2.21 bits per heavy atom. The van der Waals surface area contributed by atoms with E-state index < -0.39 is 0 Å². The van der Waals surface area contributed by atoms with Gasteiger partial charge < -0.3 is 4.52 Å². The molecule has 0 aliphatic heterocycles. The monoisotopic (exact) mass is 258 g/mol. The predicted octanol–water partition coefficient (Wildman–Crippen LogP) is 2.05. The molecule has 0 saturated heterocycles. The summed E-state index contributed by atoms with van der Waals surface area (Å²) in [7, 11) is 2.03. The van der Waals surface area contributed by atoms with Crippen LogP contribution < -0.4 is 0 Å². The van der Waals surface area contributed by atoms with E-state index in [-0.39, 0.29) is 0 Å². The molecule has 2 heterocycles. The second-order valence-electron chi connectivity index (χ2n) is 5.25. The molecule has 19 heavy (non-hydrogen) atoms. The maximum atomic E-state index is 5.28. The van der Waals surface area contributed by atoms with E-state index >= 15 is 0 Å². The lowest BCUT2D eigenvalue weighted by molar-refractivity contribution is 0.258. The molecule has 5 nitrogen and oxygen atoms in total. The van der Waals surface area contributed by atoms with Gasteiger partial charge in [-0.25, -0.2) is 0 Å². The molecular weight excluding hydrogens is 240 g/mol. The average molecular weight is 258 g/mol. The first kappa shape index (κ1) is 12.3. The molecule has 0 radical (unpaired) electrons. The second kappa shape index (κ2) is 5.48. The van der Waals surface area contributed by atoms with Crippen LogP contribution in [0.5, 0.6) is 0 Å². The SMILES string of the molecule is CN(Cc1ccccn1)Cc1nc(CC2CC2)no1. The van der Waals surface area contributed by atoms with E-state index in [4.69, 9.17) is 4.52 Å². The highest BCUT2D eigenvalue weighted by molar-refractivity contribution is 5.03. The highest BCUT2D eigenvalue weighted by atomic mass is 16.5. The van der Waals surface area contributed by atoms with Crippen LogP contribution in [0.2, 0.25) is 0 Å². The first-order valence-electron chi connectivity index (χ1n) is 6.69. The molecule has 1 fully saturated rings. The first-order chi connectivity index (χ1) is 9.29. The van der Waals surface area contributed by atoms with Gasteiger partial charge in [0.05, 0.1) is 12.2 Å². The number of rotatable bonds is 6. The molecule has 0 atom stereocenters. The van der Waals surface area contributed by atoms with Crippen LogP contribution in [0.15, 0.2) is 28.9 Å². The zero-order valence-corrected chi connectivity index (χ0v) is 11.1. The van der Waals surface area contributed by atoms with Crippen molar-refractivity contribution >= 4 is 0 Å². The summed E-state index contributed by atoms with van der Waals surface area (Å²) in [6, 6.07) is 5.94. The van der Waals surface area contributed by atoms with Gasteiger partial charge in [-0.05, 0) is 37.9 Å². The van der Waals surface area contributed by atoms with Crippen molar-refractivity contribution in [1.29, 1.82) is 0 Å². The molecule has 1 aliphatic rings. The highest BCUT2D eigenvalue weighted by Crippen LogP contribution is 2.31. The molecule has 0 amide bonds. The fourth-order valence-corrected chi connectivity index (χ4v) is 2.07. The summed E-state index contributed by atoms with van der Waals surface area (Å²) in [4.78, 5) is 10.9. The van der Waals surface area contributed by atoms with Gasteiger partial charge in [0.2, 0.25) is 5.89 Å². The van der Waals surface area contributed by atoms with Gasteiger partial charge in [0.25, 0.3) is 0 Å². The molecule has 0 N–H and O–H groups in total. The smallest absolute Gasteiger partial charge is 0.240 e. The van der Waals surface area contributed by atoms with Crippen molar-refractivity contribution in [3.8, 4) is 0 Å². The molecule has 0 bridgehead atoms. The quantitative estimate of drug-likeness (QED) is 0.793. The Hall–Kier alpha value is -1.75. The van der Waals surface area contributed by atoms with Gasteiger partial charge in [-0.1, -0.05) is 11.2 Å². The third-order valence-corrected chi connectivity index (χ3v) is 3.24. The van der Waals surface area contributed by atoms with Crippen LogP contribution in [-0.2, 0) is 19.5 Å². The van der Waals surface area contributed by atoms with Crippen molar-refractivity contribution in [2.45, 2.75) is 32.4 Å². The van der Waals surface area contributed by atoms with Crippen molar-refractivity contribution in [3.63, 3.8) is 0 Å². The Morgan fingerprint density at radius 3 is 2.95 bits per heavy atom. The fraction of sp³-hybridized carbons (Fsp3) is 0.500. The Balaban J connectivity index is 1.53. The molecule has 3 rings (SSSR count). The van der Waals surface area contributed by atoms with Crippen LogP contribution in [0.1, 0.15) is 30.3 Å². The van der Waals surface area contributed by atoms with Gasteiger partial charge in [0, 0.05) is 19.2 Å². The summed E-state index contributed by atoms with van der Waals surface area (Å²) in [5.41, 5.74) is 1.04. The van der Waals surface area contributed by atoms with E-state index in [1.807, 2.05) is 31.4 Å². The largest absolute Gasteiger partial charge is 0.338 e. The van der Waals surface area contributed by atoms with Gasteiger partial charge in [-0.3, -0.25) is 9.88 Å². The number of hydrogen-bond acceptors (Lipinski definition) is 5. The summed E-state index contributed by atoms with van der Waals surface area (Å²) in [5.74, 6) is 2.33. The Kier molecular flexibility index (Phi) is 3.55. The minimum atomic E-state index is 0.661. The molecule has 100 valence electrons. The third-order valence-electron chi connectivity index (χ3n) is 3.24. The van der Waals surface area contributed by atoms with E-state index in [0.717, 1.165) is 30.4 Å². The number of pyridine rings is 1. The minimum Gasteiger partial charge on any atom is -0.338 e. The van der Waals surface area contributed by atoms with Crippen molar-refractivity contribution in [3.05, 3.63) is 41.8 Å². The molecule has 1 saturated carbocycles. The molecule has 0 aromatic carbocycles. The van der Waals surface area contributed by atoms with E-state index in [0.29, 0.717) is 12.4 Å². The molecule has 2 aromatic heterocycles. The van der Waals surface area contributed by atoms with Crippen molar-refractivity contribution in [2.24, 2.45) is 5.92 Å². The molecule has 1 aliphatic carbocycles. The average Bonchev–Trinajstić information content (AvgIpc) is 3.10. The highest BCUT2D eigenvalue weighted by Gasteiger charge is 2.24. The summed E-state index contributed by atoms with van der Waals surface area (Å²) in [5, 5.41) is 4.03. The zero-order valence-electron chi connectivity index (χ0n) is 11.1. The minimum absolute atomic E-state index is 0.661. The lowest BCUT2D eigenvalue weighted by Gasteiger charge is -2.12. The van der Waals surface area contributed by atoms with E-state index in [1.165, 1.54) is 12.8 Å². The van der Waals surface area contributed by atoms with Gasteiger partial charge in [0.15, 0.2) is 5.82 Å². The molecule has 2 aromatic rings. The predicted molar refractivity (Wildman–Crippen MR) is 70.1 cm³/mol. The van der Waals surface area contributed by atoms with Gasteiger partial charge in [-0.15, -0.1) is 0 Å².